The minimum Gasteiger partial charge on any atom is -0.486 e. The number of hydrogen-bond donors (Lipinski definition) is 0. The van der Waals surface area contributed by atoms with E-state index in [1.165, 1.54) is 33.2 Å². The molecule has 5 aromatic carbocycles. The van der Waals surface area contributed by atoms with Crippen LogP contribution in [-0.4, -0.2) is 32.8 Å². The first-order valence-electron chi connectivity index (χ1n) is 22.4. The molecule has 9 aromatic rings. The van der Waals surface area contributed by atoms with Gasteiger partial charge in [0.15, 0.2) is 0 Å². The molecule has 0 spiro atoms. The van der Waals surface area contributed by atoms with Gasteiger partial charge >= 0.3 is 126 Å². The standard InChI is InChI=1S/C38H36N3O.C18H24GeN.Ir/c1-21(2)29-20-25-12-8-9-13-26(25)33(23(5)6)35(29)41-32-15-11-10-14-31(32)39-37(41)28-17-16-24(7)34-27-18-19-30(22(3)4)40-38(27)42-36(28)34;1-14(2)11-16-12-18(15-9-7-6-8-10-15)20-13-17(16)19(3,4)5;/h8-16,18-23H,1-7H3;6-9,12-14H,11H2,1-5H3;/q2*-1;. The number of imidazole rings is 1. The zero-order valence-corrected chi connectivity index (χ0v) is 43.4. The van der Waals surface area contributed by atoms with Gasteiger partial charge in [-0.1, -0.05) is 95.8 Å². The van der Waals surface area contributed by atoms with Crippen LogP contribution in [-0.2, 0) is 26.5 Å². The molecule has 0 aliphatic heterocycles. The molecule has 0 aliphatic carbocycles. The molecule has 0 saturated heterocycles. The molecule has 9 rings (SSSR count). The normalized spacial score (nSPS) is 12.0. The maximum absolute atomic E-state index is 6.63. The number of furan rings is 1. The van der Waals surface area contributed by atoms with E-state index in [0.717, 1.165) is 67.7 Å². The molecule has 4 aromatic heterocycles. The van der Waals surface area contributed by atoms with Crippen LogP contribution >= 0.6 is 0 Å². The topological polar surface area (TPSA) is 56.7 Å². The van der Waals surface area contributed by atoms with E-state index in [1.54, 1.807) is 4.40 Å². The van der Waals surface area contributed by atoms with Gasteiger partial charge in [0, 0.05) is 36.9 Å². The largest absolute Gasteiger partial charge is 0.486 e. The Morgan fingerprint density at radius 2 is 1.48 bits per heavy atom. The second-order valence-corrected chi connectivity index (χ2v) is 29.8. The fourth-order valence-electron chi connectivity index (χ4n) is 8.93. The summed E-state index contributed by atoms with van der Waals surface area (Å²) < 4.78 is 10.5. The van der Waals surface area contributed by atoms with Gasteiger partial charge in [-0.05, 0) is 70.0 Å². The fraction of sp³-hybridized carbons (Fsp3) is 0.304. The Hall–Kier alpha value is -4.88. The maximum Gasteiger partial charge on any atom is 0.216 e. The van der Waals surface area contributed by atoms with E-state index in [-0.39, 0.29) is 20.1 Å². The number of rotatable bonds is 9. The van der Waals surface area contributed by atoms with Crippen molar-refractivity contribution in [3.8, 4) is 28.3 Å². The van der Waals surface area contributed by atoms with Crippen LogP contribution in [0.15, 0.2) is 114 Å². The predicted octanol–water partition coefficient (Wildman–Crippen LogP) is 14.9. The van der Waals surface area contributed by atoms with Gasteiger partial charge in [0.2, 0.25) is 5.71 Å². The molecule has 4 heterocycles. The summed E-state index contributed by atoms with van der Waals surface area (Å²) in [4.78, 5) is 14.9. The van der Waals surface area contributed by atoms with Crippen molar-refractivity contribution in [3.05, 3.63) is 149 Å². The summed E-state index contributed by atoms with van der Waals surface area (Å²) in [6.07, 6.45) is 3.27. The fourth-order valence-corrected chi connectivity index (χ4v) is 12.3. The average molecular weight is 1070 g/mol. The Bertz CT molecular complexity index is 3060. The number of para-hydroxylation sites is 2. The molecule has 63 heavy (non-hydrogen) atoms. The Balaban J connectivity index is 0.000000239. The Morgan fingerprint density at radius 1 is 0.746 bits per heavy atom. The third-order valence-electron chi connectivity index (χ3n) is 11.9. The van der Waals surface area contributed by atoms with Crippen molar-refractivity contribution in [2.45, 2.75) is 104 Å². The molecular formula is C56H60GeIrN4O-2. The van der Waals surface area contributed by atoms with Crippen LogP contribution in [0.5, 0.6) is 0 Å². The molecule has 325 valence electrons. The Morgan fingerprint density at radius 3 is 2.16 bits per heavy atom. The van der Waals surface area contributed by atoms with Crippen LogP contribution in [0.2, 0.25) is 17.3 Å². The van der Waals surface area contributed by atoms with Crippen molar-refractivity contribution in [1.29, 1.82) is 0 Å². The summed E-state index contributed by atoms with van der Waals surface area (Å²) in [7, 11) is 0. The predicted molar refractivity (Wildman–Crippen MR) is 265 cm³/mol. The molecule has 0 amide bonds. The van der Waals surface area contributed by atoms with Gasteiger partial charge in [0.25, 0.3) is 0 Å². The van der Waals surface area contributed by atoms with Crippen LogP contribution in [0.25, 0.3) is 72.2 Å². The van der Waals surface area contributed by atoms with Gasteiger partial charge in [0.1, 0.15) is 0 Å². The van der Waals surface area contributed by atoms with Crippen LogP contribution in [0.1, 0.15) is 101 Å². The number of hydrogen-bond acceptors (Lipinski definition) is 4. The molecule has 1 radical (unpaired) electrons. The SMILES string of the molecule is CC(C)Cc1cc(-c2[c-]cccc2)nc[c]1[Ge]([CH3])([CH3])[CH3].Cc1c[c-]c(-c2nc3ccccc3n2-c2c(C(C)C)cc3ccccc3c2C(C)C)c2oc3nc(C(C)C)ccc3c12.[Ir]. The monoisotopic (exact) mass is 1070 g/mol. The number of aryl methyl sites for hydroxylation is 1. The zero-order valence-electron chi connectivity index (χ0n) is 38.9. The van der Waals surface area contributed by atoms with E-state index >= 15 is 0 Å². The molecule has 0 N–H and O–H groups in total. The van der Waals surface area contributed by atoms with E-state index in [0.29, 0.717) is 29.4 Å². The van der Waals surface area contributed by atoms with Crippen molar-refractivity contribution >= 4 is 61.5 Å². The number of benzene rings is 5. The third kappa shape index (κ3) is 9.10. The van der Waals surface area contributed by atoms with Crippen LogP contribution < -0.4 is 4.40 Å². The minimum atomic E-state index is -1.86. The van der Waals surface area contributed by atoms with E-state index in [2.05, 4.69) is 187 Å². The summed E-state index contributed by atoms with van der Waals surface area (Å²) in [5.74, 6) is 9.75. The minimum absolute atomic E-state index is 0. The molecule has 0 bridgehead atoms. The first-order chi connectivity index (χ1) is 29.6. The molecule has 5 nitrogen and oxygen atoms in total. The van der Waals surface area contributed by atoms with Gasteiger partial charge in [-0.25, -0.2) is 4.98 Å². The summed E-state index contributed by atoms with van der Waals surface area (Å²) in [5.41, 5.74) is 13.9. The van der Waals surface area contributed by atoms with E-state index in [1.807, 2.05) is 18.2 Å². The van der Waals surface area contributed by atoms with E-state index in [4.69, 9.17) is 19.4 Å². The number of pyridine rings is 2. The summed E-state index contributed by atoms with van der Waals surface area (Å²) in [6.45, 7) is 20.2. The first-order valence-corrected chi connectivity index (χ1v) is 29.7. The summed E-state index contributed by atoms with van der Waals surface area (Å²) in [6, 6.07) is 43.1. The first kappa shape index (κ1) is 46.1. The molecule has 0 atom stereocenters. The molecule has 0 fully saturated rings. The van der Waals surface area contributed by atoms with Crippen molar-refractivity contribution < 1.29 is 24.5 Å². The van der Waals surface area contributed by atoms with Crippen molar-refractivity contribution in [3.63, 3.8) is 0 Å². The molecule has 0 aliphatic rings. The molecule has 7 heteroatoms. The van der Waals surface area contributed by atoms with Gasteiger partial charge < -0.3 is 8.98 Å². The Kier molecular flexibility index (Phi) is 13.7. The van der Waals surface area contributed by atoms with Crippen LogP contribution in [0.3, 0.4) is 0 Å². The smallest absolute Gasteiger partial charge is 0.216 e. The van der Waals surface area contributed by atoms with Gasteiger partial charge in [0.05, 0.1) is 22.4 Å². The second kappa shape index (κ2) is 18.7. The average Bonchev–Trinajstić information content (AvgIpc) is 3.82. The zero-order chi connectivity index (χ0) is 44.0. The Labute approximate surface area is 390 Å². The third-order valence-corrected chi connectivity index (χ3v) is 16.3. The van der Waals surface area contributed by atoms with Crippen LogP contribution in [0, 0.1) is 25.0 Å². The van der Waals surface area contributed by atoms with E-state index < -0.39 is 13.3 Å². The van der Waals surface area contributed by atoms with Crippen molar-refractivity contribution in [1.82, 2.24) is 19.5 Å². The second-order valence-electron chi connectivity index (χ2n) is 19.3. The summed E-state index contributed by atoms with van der Waals surface area (Å²) >= 11 is -1.86. The molecular weight excluding hydrogens is 1010 g/mol. The maximum atomic E-state index is 6.63. The van der Waals surface area contributed by atoms with E-state index in [9.17, 15) is 0 Å². The van der Waals surface area contributed by atoms with Gasteiger partial charge in [-0.15, -0.1) is 17.7 Å². The van der Waals surface area contributed by atoms with Crippen LogP contribution in [0.4, 0.5) is 0 Å². The number of aromatic nitrogens is 4. The quantitative estimate of drug-likeness (QED) is 0.107. The van der Waals surface area contributed by atoms with Gasteiger partial charge in [-0.2, -0.15) is 0 Å². The molecule has 0 saturated carbocycles. The van der Waals surface area contributed by atoms with Gasteiger partial charge in [-0.3, -0.25) is 4.98 Å². The molecule has 0 unspecified atom stereocenters. The van der Waals surface area contributed by atoms with Crippen molar-refractivity contribution in [2.24, 2.45) is 5.92 Å². The summed E-state index contributed by atoms with van der Waals surface area (Å²) in [5, 5.41) is 4.66. The number of fused-ring (bicyclic) bond motifs is 5. The number of nitrogens with zero attached hydrogens (tertiary/aromatic N) is 4. The van der Waals surface area contributed by atoms with Crippen molar-refractivity contribution in [2.75, 3.05) is 0 Å².